The summed E-state index contributed by atoms with van der Waals surface area (Å²) in [5.41, 5.74) is 3.29. The fourth-order valence-electron chi connectivity index (χ4n) is 3.54. The predicted octanol–water partition coefficient (Wildman–Crippen LogP) is -0.851. The van der Waals surface area contributed by atoms with E-state index in [0.717, 1.165) is 4.90 Å². The third-order valence-corrected chi connectivity index (χ3v) is 4.94. The zero-order valence-electron chi connectivity index (χ0n) is 17.1. The van der Waals surface area contributed by atoms with Gasteiger partial charge >= 0.3 is 6.09 Å². The van der Waals surface area contributed by atoms with Crippen molar-refractivity contribution in [1.82, 2.24) is 14.7 Å². The van der Waals surface area contributed by atoms with Crippen LogP contribution in [0.15, 0.2) is 0 Å². The molecule has 1 spiro atoms. The lowest BCUT2D eigenvalue weighted by Crippen LogP contribution is -2.83. The molecular weight excluding hydrogens is 368 g/mol. The first kappa shape index (κ1) is 21.9. The minimum absolute atomic E-state index is 0.0117. The highest BCUT2D eigenvalue weighted by Gasteiger charge is 2.62. The van der Waals surface area contributed by atoms with Crippen molar-refractivity contribution in [2.75, 3.05) is 32.8 Å². The highest BCUT2D eigenvalue weighted by Crippen LogP contribution is 2.36. The number of carbonyl (C=O) groups excluding carboxylic acids is 4. The van der Waals surface area contributed by atoms with Gasteiger partial charge in [-0.3, -0.25) is 14.4 Å². The van der Waals surface area contributed by atoms with Gasteiger partial charge in [-0.2, -0.15) is 0 Å². The van der Waals surface area contributed by atoms with E-state index in [-0.39, 0.29) is 38.0 Å². The molecule has 0 aromatic rings. The number of amides is 4. The molecule has 0 bridgehead atoms. The molecule has 4 amide bonds. The lowest BCUT2D eigenvalue weighted by atomic mass is 9.81. The number of primary amides is 1. The number of nitrogens with zero attached hydrogens (tertiary/aromatic N) is 3. The Morgan fingerprint density at radius 1 is 1.21 bits per heavy atom. The molecule has 3 N–H and O–H groups in total. The fourth-order valence-corrected chi connectivity index (χ4v) is 3.54. The number of ether oxygens (including phenoxy) is 1. The monoisotopic (exact) mass is 398 g/mol. The third-order valence-electron chi connectivity index (χ3n) is 4.94. The van der Waals surface area contributed by atoms with Crippen molar-refractivity contribution in [3.63, 3.8) is 0 Å². The molecule has 2 atom stereocenters. The maximum Gasteiger partial charge on any atom is 0.410 e. The van der Waals surface area contributed by atoms with Gasteiger partial charge in [0.1, 0.15) is 11.6 Å². The first-order chi connectivity index (χ1) is 12.8. The number of carbonyl (C=O) groups is 4. The Kier molecular flexibility index (Phi) is 5.93. The van der Waals surface area contributed by atoms with Crippen molar-refractivity contribution >= 4 is 23.8 Å². The van der Waals surface area contributed by atoms with Gasteiger partial charge in [0.25, 0.3) is 5.91 Å². The van der Waals surface area contributed by atoms with E-state index in [4.69, 9.17) is 10.5 Å². The normalized spacial score (nSPS) is 23.7. The molecule has 2 saturated heterocycles. The second-order valence-corrected chi connectivity index (χ2v) is 8.61. The van der Waals surface area contributed by atoms with Crippen LogP contribution in [0, 0.1) is 5.92 Å². The zero-order valence-corrected chi connectivity index (χ0v) is 17.1. The van der Waals surface area contributed by atoms with Crippen LogP contribution >= 0.6 is 0 Å². The van der Waals surface area contributed by atoms with Gasteiger partial charge in [0, 0.05) is 19.0 Å². The van der Waals surface area contributed by atoms with Gasteiger partial charge in [-0.15, -0.1) is 0 Å². The summed E-state index contributed by atoms with van der Waals surface area (Å²) < 4.78 is 5.40. The number of β-lactam (4-membered cyclic amide) rings is 1. The van der Waals surface area contributed by atoms with Crippen LogP contribution in [0.1, 0.15) is 34.6 Å². The average Bonchev–Trinajstić information content (AvgIpc) is 2.58. The molecule has 10 heteroatoms. The maximum atomic E-state index is 13.1. The van der Waals surface area contributed by atoms with Crippen molar-refractivity contribution in [1.29, 1.82) is 0 Å². The van der Waals surface area contributed by atoms with Crippen molar-refractivity contribution in [3.8, 4) is 0 Å². The first-order valence-corrected chi connectivity index (χ1v) is 9.34. The van der Waals surface area contributed by atoms with Crippen LogP contribution in [0.4, 0.5) is 4.79 Å². The van der Waals surface area contributed by atoms with Gasteiger partial charge in [0.05, 0.1) is 19.7 Å². The topological polar surface area (TPSA) is 133 Å². The minimum atomic E-state index is -1.28. The summed E-state index contributed by atoms with van der Waals surface area (Å²) >= 11 is 0. The van der Waals surface area contributed by atoms with Crippen molar-refractivity contribution in [2.24, 2.45) is 11.7 Å². The van der Waals surface area contributed by atoms with Gasteiger partial charge in [-0.25, -0.2) is 4.79 Å². The maximum absolute atomic E-state index is 13.1. The number of aliphatic hydroxyl groups is 1. The van der Waals surface area contributed by atoms with E-state index in [9.17, 15) is 24.3 Å². The van der Waals surface area contributed by atoms with Gasteiger partial charge < -0.3 is 30.3 Å². The van der Waals surface area contributed by atoms with Gasteiger partial charge in [0.15, 0.2) is 5.54 Å². The number of rotatable bonds is 4. The number of hydrogen-bond donors (Lipinski definition) is 2. The number of aliphatic hydroxyl groups excluding tert-OH is 1. The summed E-state index contributed by atoms with van der Waals surface area (Å²) in [5.74, 6) is -1.88. The zero-order chi connectivity index (χ0) is 21.4. The van der Waals surface area contributed by atoms with Crippen LogP contribution < -0.4 is 5.73 Å². The van der Waals surface area contributed by atoms with E-state index in [2.05, 4.69) is 0 Å². The van der Waals surface area contributed by atoms with Crippen molar-refractivity contribution in [2.45, 2.75) is 51.8 Å². The average molecular weight is 398 g/mol. The quantitative estimate of drug-likeness (QED) is 0.593. The first-order valence-electron chi connectivity index (χ1n) is 9.34. The Morgan fingerprint density at radius 2 is 1.82 bits per heavy atom. The summed E-state index contributed by atoms with van der Waals surface area (Å²) in [4.78, 5) is 53.9. The van der Waals surface area contributed by atoms with E-state index < -0.39 is 41.7 Å². The van der Waals surface area contributed by atoms with E-state index in [0.29, 0.717) is 0 Å². The van der Waals surface area contributed by atoms with E-state index >= 15 is 0 Å². The van der Waals surface area contributed by atoms with Crippen LogP contribution in [0.3, 0.4) is 0 Å². The molecule has 2 aliphatic heterocycles. The molecule has 0 saturated carbocycles. The standard InChI is InChI=1S/C18H30N4O6/c1-11(2)14(25)22-7-6-20(16(27)28-17(3,4)5)9-18(22)10-21(15(18)26)12(8-23)13(19)24/h11-12,23H,6-10H2,1-5H3,(H2,19,24)/t12-,18?/m0/s1. The predicted molar refractivity (Wildman–Crippen MR) is 98.9 cm³/mol. The molecule has 1 unspecified atom stereocenters. The molecule has 0 radical (unpaired) electrons. The van der Waals surface area contributed by atoms with Crippen LogP contribution in [0.2, 0.25) is 0 Å². The van der Waals surface area contributed by atoms with E-state index in [1.807, 2.05) is 0 Å². The molecule has 0 aliphatic carbocycles. The summed E-state index contributed by atoms with van der Waals surface area (Å²) in [6.07, 6.45) is -0.566. The van der Waals surface area contributed by atoms with Crippen molar-refractivity contribution < 1.29 is 29.0 Å². The summed E-state index contributed by atoms with van der Waals surface area (Å²) in [7, 11) is 0. The Bertz CT molecular complexity index is 673. The van der Waals surface area contributed by atoms with Crippen LogP contribution in [-0.2, 0) is 19.1 Å². The molecule has 0 aromatic heterocycles. The number of piperazine rings is 1. The second-order valence-electron chi connectivity index (χ2n) is 8.61. The van der Waals surface area contributed by atoms with E-state index in [1.54, 1.807) is 34.6 Å². The van der Waals surface area contributed by atoms with Crippen LogP contribution in [0.5, 0.6) is 0 Å². The second kappa shape index (κ2) is 7.57. The molecule has 10 nitrogen and oxygen atoms in total. The van der Waals surface area contributed by atoms with Gasteiger partial charge in [-0.05, 0) is 20.8 Å². The molecule has 0 aromatic carbocycles. The van der Waals surface area contributed by atoms with Crippen molar-refractivity contribution in [3.05, 3.63) is 0 Å². The highest BCUT2D eigenvalue weighted by atomic mass is 16.6. The minimum Gasteiger partial charge on any atom is -0.444 e. The lowest BCUT2D eigenvalue weighted by molar-refractivity contribution is -0.185. The van der Waals surface area contributed by atoms with Gasteiger partial charge in [0.2, 0.25) is 11.8 Å². The molecule has 2 rings (SSSR count). The number of hydrogen-bond acceptors (Lipinski definition) is 6. The summed E-state index contributed by atoms with van der Waals surface area (Å²) in [5, 5.41) is 9.41. The third kappa shape index (κ3) is 3.91. The molecule has 2 aliphatic rings. The Labute approximate surface area is 164 Å². The number of likely N-dealkylation sites (tertiary alicyclic amines) is 1. The Hall–Kier alpha value is -2.36. The smallest absolute Gasteiger partial charge is 0.410 e. The molecule has 2 fully saturated rings. The molecular formula is C18H30N4O6. The molecule has 2 heterocycles. The number of nitrogens with two attached hydrogens (primary N) is 1. The molecule has 158 valence electrons. The highest BCUT2D eigenvalue weighted by molar-refractivity contribution is 6.00. The van der Waals surface area contributed by atoms with Gasteiger partial charge in [-0.1, -0.05) is 13.8 Å². The van der Waals surface area contributed by atoms with Crippen LogP contribution in [-0.4, -0.2) is 93.6 Å². The van der Waals surface area contributed by atoms with Crippen LogP contribution in [0.25, 0.3) is 0 Å². The lowest BCUT2D eigenvalue weighted by Gasteiger charge is -2.59. The molecule has 28 heavy (non-hydrogen) atoms. The fraction of sp³-hybridized carbons (Fsp3) is 0.778. The summed E-state index contributed by atoms with van der Waals surface area (Å²) in [6.45, 7) is 8.48. The van der Waals surface area contributed by atoms with E-state index in [1.165, 1.54) is 9.80 Å². The largest absolute Gasteiger partial charge is 0.444 e. The SMILES string of the molecule is CC(C)C(=O)N1CCN(C(=O)OC(C)(C)C)CC12CN([C@@H](CO)C(N)=O)C2=O. The summed E-state index contributed by atoms with van der Waals surface area (Å²) in [6, 6.07) is -1.16. The Morgan fingerprint density at radius 3 is 2.25 bits per heavy atom. The Balaban J connectivity index is 2.29.